The fraction of sp³-hybridized carbons (Fsp3) is 0.778. The highest BCUT2D eigenvalue weighted by atomic mass is 16.5. The Balaban J connectivity index is 3.77. The van der Waals surface area contributed by atoms with Gasteiger partial charge in [-0.15, -0.1) is 0 Å². The average molecular weight is 282 g/mol. The van der Waals surface area contributed by atoms with E-state index in [1.807, 2.05) is 0 Å². The summed E-state index contributed by atoms with van der Waals surface area (Å²) in [6, 6.07) is 0. The summed E-state index contributed by atoms with van der Waals surface area (Å²) in [6.45, 7) is 8.72. The maximum atomic E-state index is 5.88. The Bertz CT molecular complexity index is 234. The maximum Gasteiger partial charge on any atom is 0.0812 e. The SMILES string of the molecule is CCC/C=C/COCC(CCCC)OC/C=C/CCC. The molecule has 0 aliphatic rings. The summed E-state index contributed by atoms with van der Waals surface area (Å²) in [4.78, 5) is 0. The van der Waals surface area contributed by atoms with Gasteiger partial charge in [-0.05, 0) is 19.3 Å². The zero-order chi connectivity index (χ0) is 14.9. The van der Waals surface area contributed by atoms with Crippen LogP contribution >= 0.6 is 0 Å². The summed E-state index contributed by atoms with van der Waals surface area (Å²) >= 11 is 0. The first kappa shape index (κ1) is 19.4. The van der Waals surface area contributed by atoms with E-state index in [2.05, 4.69) is 45.1 Å². The lowest BCUT2D eigenvalue weighted by molar-refractivity contribution is -0.00342. The van der Waals surface area contributed by atoms with E-state index in [1.54, 1.807) is 0 Å². The van der Waals surface area contributed by atoms with Crippen LogP contribution in [0.5, 0.6) is 0 Å². The second-order valence-electron chi connectivity index (χ2n) is 5.16. The Morgan fingerprint density at radius 1 is 0.800 bits per heavy atom. The Labute approximate surface area is 126 Å². The third kappa shape index (κ3) is 13.8. The second-order valence-corrected chi connectivity index (χ2v) is 5.16. The van der Waals surface area contributed by atoms with Crippen molar-refractivity contribution in [1.82, 2.24) is 0 Å². The first-order chi connectivity index (χ1) is 9.85. The van der Waals surface area contributed by atoms with Crippen LogP contribution in [0, 0.1) is 0 Å². The van der Waals surface area contributed by atoms with Gasteiger partial charge in [0.2, 0.25) is 0 Å². The number of hydrogen-bond donors (Lipinski definition) is 0. The molecule has 0 aliphatic carbocycles. The minimum absolute atomic E-state index is 0.237. The molecule has 0 spiro atoms. The lowest BCUT2D eigenvalue weighted by Gasteiger charge is -2.16. The molecular formula is C18H34O2. The van der Waals surface area contributed by atoms with Gasteiger partial charge in [0.1, 0.15) is 0 Å². The second kappa shape index (κ2) is 16.5. The van der Waals surface area contributed by atoms with Gasteiger partial charge in [-0.25, -0.2) is 0 Å². The van der Waals surface area contributed by atoms with Crippen LogP contribution in [0.2, 0.25) is 0 Å². The topological polar surface area (TPSA) is 18.5 Å². The van der Waals surface area contributed by atoms with Gasteiger partial charge in [-0.2, -0.15) is 0 Å². The van der Waals surface area contributed by atoms with Gasteiger partial charge in [-0.1, -0.05) is 70.8 Å². The molecule has 0 heterocycles. The highest BCUT2D eigenvalue weighted by Gasteiger charge is 2.07. The lowest BCUT2D eigenvalue weighted by Crippen LogP contribution is -2.20. The first-order valence-corrected chi connectivity index (χ1v) is 8.34. The van der Waals surface area contributed by atoms with Crippen LogP contribution in [0.1, 0.15) is 65.7 Å². The van der Waals surface area contributed by atoms with E-state index in [4.69, 9.17) is 9.47 Å². The van der Waals surface area contributed by atoms with Gasteiger partial charge < -0.3 is 9.47 Å². The van der Waals surface area contributed by atoms with Crippen molar-refractivity contribution in [2.24, 2.45) is 0 Å². The fourth-order valence-electron chi connectivity index (χ4n) is 1.81. The van der Waals surface area contributed by atoms with Crippen LogP contribution in [0.25, 0.3) is 0 Å². The zero-order valence-electron chi connectivity index (χ0n) is 13.8. The largest absolute Gasteiger partial charge is 0.375 e. The highest BCUT2D eigenvalue weighted by Crippen LogP contribution is 2.06. The van der Waals surface area contributed by atoms with Crippen molar-refractivity contribution in [1.29, 1.82) is 0 Å². The van der Waals surface area contributed by atoms with Crippen molar-refractivity contribution in [3.63, 3.8) is 0 Å². The quantitative estimate of drug-likeness (QED) is 0.318. The normalized spacial score (nSPS) is 13.6. The van der Waals surface area contributed by atoms with Gasteiger partial charge in [0, 0.05) is 0 Å². The molecule has 0 aromatic rings. The van der Waals surface area contributed by atoms with Crippen molar-refractivity contribution >= 4 is 0 Å². The third-order valence-corrected chi connectivity index (χ3v) is 3.07. The van der Waals surface area contributed by atoms with Crippen molar-refractivity contribution < 1.29 is 9.47 Å². The van der Waals surface area contributed by atoms with Crippen molar-refractivity contribution in [2.45, 2.75) is 71.8 Å². The van der Waals surface area contributed by atoms with Crippen LogP contribution in [0.4, 0.5) is 0 Å². The summed E-state index contributed by atoms with van der Waals surface area (Å²) in [7, 11) is 0. The molecule has 0 aromatic carbocycles. The molecule has 0 aromatic heterocycles. The number of unbranched alkanes of at least 4 members (excludes halogenated alkanes) is 3. The molecule has 20 heavy (non-hydrogen) atoms. The molecule has 0 saturated heterocycles. The molecule has 2 heteroatoms. The summed E-state index contributed by atoms with van der Waals surface area (Å²) in [5, 5.41) is 0. The monoisotopic (exact) mass is 282 g/mol. The van der Waals surface area contributed by atoms with E-state index in [9.17, 15) is 0 Å². The van der Waals surface area contributed by atoms with Gasteiger partial charge in [0.25, 0.3) is 0 Å². The molecule has 1 atom stereocenters. The average Bonchev–Trinajstić information content (AvgIpc) is 2.47. The summed E-state index contributed by atoms with van der Waals surface area (Å²) < 4.78 is 11.6. The highest BCUT2D eigenvalue weighted by molar-refractivity contribution is 4.82. The first-order valence-electron chi connectivity index (χ1n) is 8.34. The van der Waals surface area contributed by atoms with Gasteiger partial charge in [0.15, 0.2) is 0 Å². The van der Waals surface area contributed by atoms with E-state index in [0.717, 1.165) is 19.3 Å². The zero-order valence-corrected chi connectivity index (χ0v) is 13.8. The molecule has 0 saturated carbocycles. The standard InChI is InChI=1S/C18H34O2/c1-4-7-10-12-15-19-17-18(14-9-6-3)20-16-13-11-8-5-2/h10-13,18H,4-9,14-17H2,1-3H3/b12-10+,13-11+. The Morgan fingerprint density at radius 2 is 1.45 bits per heavy atom. The van der Waals surface area contributed by atoms with Crippen molar-refractivity contribution in [2.75, 3.05) is 19.8 Å². The minimum Gasteiger partial charge on any atom is -0.375 e. The molecule has 0 amide bonds. The molecule has 0 N–H and O–H groups in total. The summed E-state index contributed by atoms with van der Waals surface area (Å²) in [5.74, 6) is 0. The Hall–Kier alpha value is -0.600. The molecule has 118 valence electrons. The minimum atomic E-state index is 0.237. The summed E-state index contributed by atoms with van der Waals surface area (Å²) in [6.07, 6.45) is 17.1. The van der Waals surface area contributed by atoms with Crippen molar-refractivity contribution in [3.8, 4) is 0 Å². The number of allylic oxidation sites excluding steroid dienone is 2. The molecule has 0 aliphatic heterocycles. The molecular weight excluding hydrogens is 248 g/mol. The van der Waals surface area contributed by atoms with Crippen LogP contribution in [-0.4, -0.2) is 25.9 Å². The van der Waals surface area contributed by atoms with Gasteiger partial charge in [0.05, 0.1) is 25.9 Å². The predicted molar refractivity (Wildman–Crippen MR) is 88.2 cm³/mol. The summed E-state index contributed by atoms with van der Waals surface area (Å²) in [5.41, 5.74) is 0. The lowest BCUT2D eigenvalue weighted by atomic mass is 10.2. The molecule has 1 unspecified atom stereocenters. The van der Waals surface area contributed by atoms with Crippen LogP contribution < -0.4 is 0 Å². The van der Waals surface area contributed by atoms with Crippen LogP contribution in [0.15, 0.2) is 24.3 Å². The van der Waals surface area contributed by atoms with Crippen LogP contribution in [-0.2, 0) is 9.47 Å². The van der Waals surface area contributed by atoms with E-state index in [1.165, 1.54) is 25.7 Å². The van der Waals surface area contributed by atoms with E-state index < -0.39 is 0 Å². The Kier molecular flexibility index (Phi) is 16.0. The predicted octanol–water partition coefficient (Wildman–Crippen LogP) is 5.29. The van der Waals surface area contributed by atoms with Gasteiger partial charge in [-0.3, -0.25) is 0 Å². The molecule has 0 rings (SSSR count). The molecule has 2 nitrogen and oxygen atoms in total. The molecule has 0 bridgehead atoms. The fourth-order valence-corrected chi connectivity index (χ4v) is 1.81. The third-order valence-electron chi connectivity index (χ3n) is 3.07. The number of rotatable bonds is 14. The molecule has 0 fully saturated rings. The van der Waals surface area contributed by atoms with E-state index in [0.29, 0.717) is 19.8 Å². The molecule has 0 radical (unpaired) electrons. The number of hydrogen-bond acceptors (Lipinski definition) is 2. The van der Waals surface area contributed by atoms with Crippen molar-refractivity contribution in [3.05, 3.63) is 24.3 Å². The number of ether oxygens (including phenoxy) is 2. The van der Waals surface area contributed by atoms with E-state index in [-0.39, 0.29) is 6.10 Å². The van der Waals surface area contributed by atoms with Crippen LogP contribution in [0.3, 0.4) is 0 Å². The van der Waals surface area contributed by atoms with Gasteiger partial charge >= 0.3 is 0 Å². The smallest absolute Gasteiger partial charge is 0.0812 e. The Morgan fingerprint density at radius 3 is 2.05 bits per heavy atom. The maximum absolute atomic E-state index is 5.88. The van der Waals surface area contributed by atoms with E-state index >= 15 is 0 Å².